The molecule has 1 aromatic carbocycles. The lowest BCUT2D eigenvalue weighted by atomic mass is 9.69. The third kappa shape index (κ3) is 7.15. The fourth-order valence-electron chi connectivity index (χ4n) is 8.03. The van der Waals surface area contributed by atoms with Crippen molar-refractivity contribution in [3.05, 3.63) is 70.3 Å². The summed E-state index contributed by atoms with van der Waals surface area (Å²) in [6, 6.07) is 5.92. The number of nitrogens with zero attached hydrogens (tertiary/aromatic N) is 1. The van der Waals surface area contributed by atoms with Gasteiger partial charge in [0.15, 0.2) is 0 Å². The number of hydrogen-bond acceptors (Lipinski definition) is 6. The van der Waals surface area contributed by atoms with E-state index in [1.807, 2.05) is 37.3 Å². The largest absolute Gasteiger partial charge is 0.389 e. The topological polar surface area (TPSA) is 95.9 Å². The number of aryl methyl sites for hydroxylation is 1. The van der Waals surface area contributed by atoms with E-state index >= 15 is 0 Å². The van der Waals surface area contributed by atoms with Gasteiger partial charge < -0.3 is 9.84 Å². The Balaban J connectivity index is 1.37. The van der Waals surface area contributed by atoms with E-state index in [0.717, 1.165) is 50.1 Å². The Morgan fingerprint density at radius 3 is 2.69 bits per heavy atom. The molecule has 7 nitrogen and oxygen atoms in total. The number of hydrogen-bond donors (Lipinski definition) is 2. The van der Waals surface area contributed by atoms with E-state index < -0.39 is 27.3 Å². The number of allylic oxidation sites excluding steroid dienone is 1. The smallest absolute Gasteiger partial charge is 0.264 e. The molecule has 6 rings (SSSR count). The van der Waals surface area contributed by atoms with Crippen molar-refractivity contribution < 1.29 is 23.1 Å². The van der Waals surface area contributed by atoms with Gasteiger partial charge in [0.1, 0.15) is 0 Å². The van der Waals surface area contributed by atoms with E-state index in [0.29, 0.717) is 43.4 Å². The van der Waals surface area contributed by atoms with Gasteiger partial charge in [-0.05, 0) is 79.0 Å². The van der Waals surface area contributed by atoms with Crippen LogP contribution in [-0.4, -0.2) is 67.5 Å². The first-order valence-electron chi connectivity index (χ1n) is 16.9. The molecule has 8 atom stereocenters. The molecule has 2 N–H and O–H groups in total. The van der Waals surface area contributed by atoms with Crippen LogP contribution in [0.15, 0.2) is 54.2 Å². The minimum absolute atomic E-state index is 0.140. The summed E-state index contributed by atoms with van der Waals surface area (Å²) in [6.07, 6.45) is 15.6. The van der Waals surface area contributed by atoms with E-state index in [4.69, 9.17) is 16.3 Å². The molecular weight excluding hydrogens is 608 g/mol. The monoisotopic (exact) mass is 656 g/mol. The third-order valence-corrected chi connectivity index (χ3v) is 13.1. The molecule has 2 bridgehead atoms. The molecule has 2 aliphatic heterocycles. The maximum atomic E-state index is 13.7. The van der Waals surface area contributed by atoms with E-state index in [9.17, 15) is 18.3 Å². The number of benzene rings is 1. The lowest BCUT2D eigenvalue weighted by Gasteiger charge is -2.45. The van der Waals surface area contributed by atoms with Crippen molar-refractivity contribution in [2.24, 2.45) is 23.7 Å². The van der Waals surface area contributed by atoms with Gasteiger partial charge in [-0.1, -0.05) is 88.1 Å². The lowest BCUT2D eigenvalue weighted by Crippen LogP contribution is -2.51. The Labute approximate surface area is 274 Å². The molecule has 45 heavy (non-hydrogen) atoms. The first-order chi connectivity index (χ1) is 21.5. The van der Waals surface area contributed by atoms with Crippen molar-refractivity contribution >= 4 is 27.5 Å². The Kier molecular flexibility index (Phi) is 9.71. The number of aliphatic hydroxyl groups is 1. The molecule has 1 saturated heterocycles. The van der Waals surface area contributed by atoms with Gasteiger partial charge in [-0.2, -0.15) is 0 Å². The molecule has 7 unspecified atom stereocenters. The van der Waals surface area contributed by atoms with Crippen molar-refractivity contribution in [2.75, 3.05) is 19.7 Å². The van der Waals surface area contributed by atoms with E-state index in [1.165, 1.54) is 11.1 Å². The molecule has 3 aliphatic carbocycles. The molecule has 2 heterocycles. The van der Waals surface area contributed by atoms with Crippen molar-refractivity contribution in [3.63, 3.8) is 0 Å². The first kappa shape index (κ1) is 33.0. The second-order valence-corrected chi connectivity index (χ2v) is 17.0. The number of ether oxygens (including phenoxy) is 1. The van der Waals surface area contributed by atoms with Crippen LogP contribution in [0.2, 0.25) is 5.02 Å². The molecule has 0 radical (unpaired) electrons. The fraction of sp³-hybridized carbons (Fsp3) is 0.639. The summed E-state index contributed by atoms with van der Waals surface area (Å²) in [7, 11) is -3.92. The quantitative estimate of drug-likeness (QED) is 0.394. The summed E-state index contributed by atoms with van der Waals surface area (Å²) < 4.78 is 36.5. The molecule has 2 saturated carbocycles. The number of halogens is 1. The van der Waals surface area contributed by atoms with Gasteiger partial charge in [-0.15, -0.1) is 0 Å². The van der Waals surface area contributed by atoms with Gasteiger partial charge in [0.2, 0.25) is 10.0 Å². The first-order valence-corrected chi connectivity index (χ1v) is 18.8. The van der Waals surface area contributed by atoms with E-state index in [1.54, 1.807) is 6.08 Å². The van der Waals surface area contributed by atoms with Gasteiger partial charge >= 0.3 is 0 Å². The molecule has 1 amide bonds. The van der Waals surface area contributed by atoms with Crippen molar-refractivity contribution in [2.45, 2.75) is 101 Å². The summed E-state index contributed by atoms with van der Waals surface area (Å²) in [4.78, 5) is 16.1. The highest BCUT2D eigenvalue weighted by Crippen LogP contribution is 2.42. The summed E-state index contributed by atoms with van der Waals surface area (Å²) in [5.74, 6) is 0.0733. The Morgan fingerprint density at radius 1 is 1.18 bits per heavy atom. The summed E-state index contributed by atoms with van der Waals surface area (Å²) in [5, 5.41) is 11.3. The zero-order valence-corrected chi connectivity index (χ0v) is 28.4. The van der Waals surface area contributed by atoms with E-state index in [-0.39, 0.29) is 29.4 Å². The summed E-state index contributed by atoms with van der Waals surface area (Å²) in [5.41, 5.74) is 2.46. The number of nitrogens with one attached hydrogen (secondary N) is 1. The van der Waals surface area contributed by atoms with Crippen LogP contribution >= 0.6 is 11.6 Å². The van der Waals surface area contributed by atoms with Gasteiger partial charge in [0, 0.05) is 29.1 Å². The van der Waals surface area contributed by atoms with Gasteiger partial charge in [-0.25, -0.2) is 13.1 Å². The van der Waals surface area contributed by atoms with Crippen LogP contribution in [-0.2, 0) is 31.4 Å². The second-order valence-electron chi connectivity index (χ2n) is 14.6. The van der Waals surface area contributed by atoms with Gasteiger partial charge in [0.05, 0.1) is 30.1 Å². The number of fused-ring (bicyclic) bond motifs is 1. The predicted octanol–water partition coefficient (Wildman–Crippen LogP) is 5.71. The Hall–Kier alpha value is -1.97. The molecule has 0 spiro atoms. The van der Waals surface area contributed by atoms with E-state index in [2.05, 4.69) is 35.6 Å². The number of sulfonamides is 1. The van der Waals surface area contributed by atoms with Gasteiger partial charge in [0.25, 0.3) is 5.91 Å². The second kappa shape index (κ2) is 13.3. The predicted molar refractivity (Wildman–Crippen MR) is 178 cm³/mol. The molecule has 246 valence electrons. The average molecular weight is 657 g/mol. The molecule has 9 heteroatoms. The van der Waals surface area contributed by atoms with Crippen LogP contribution < -0.4 is 4.72 Å². The van der Waals surface area contributed by atoms with Crippen LogP contribution in [0, 0.1) is 23.7 Å². The summed E-state index contributed by atoms with van der Waals surface area (Å²) >= 11 is 6.45. The Morgan fingerprint density at radius 2 is 1.98 bits per heavy atom. The maximum Gasteiger partial charge on any atom is 0.264 e. The van der Waals surface area contributed by atoms with Gasteiger partial charge in [-0.3, -0.25) is 9.69 Å². The van der Waals surface area contributed by atoms with Crippen molar-refractivity contribution in [1.29, 1.82) is 0 Å². The fourth-order valence-corrected chi connectivity index (χ4v) is 10.0. The highest BCUT2D eigenvalue weighted by Gasteiger charge is 2.45. The number of rotatable bonds is 5. The normalized spacial score (nSPS) is 37.8. The molecule has 3 fully saturated rings. The van der Waals surface area contributed by atoms with Crippen LogP contribution in [0.4, 0.5) is 0 Å². The third-order valence-electron chi connectivity index (χ3n) is 11.0. The highest BCUT2D eigenvalue weighted by atomic mass is 35.5. The van der Waals surface area contributed by atoms with Crippen LogP contribution in [0.1, 0.15) is 76.8 Å². The number of amides is 1. The SMILES string of the molecule is CCCc1cc(Cl)ccc1C1(C)COC2C=CC3=CC2N(CC2CCC2C(O)/C=C/C[C@@H](C)C(CC2CC2)S(=O)(=O)NC3=O)C1. The average Bonchev–Trinajstić information content (AvgIpc) is 3.81. The zero-order valence-electron chi connectivity index (χ0n) is 26.8. The minimum Gasteiger partial charge on any atom is -0.389 e. The molecule has 5 aliphatic rings. The summed E-state index contributed by atoms with van der Waals surface area (Å²) in [6.45, 7) is 8.30. The number of carbonyl (C=O) groups excluding carboxylic acids is 1. The molecular formula is C36H49ClN2O5S. The minimum atomic E-state index is -3.92. The zero-order chi connectivity index (χ0) is 31.9. The van der Waals surface area contributed by atoms with Crippen LogP contribution in [0.3, 0.4) is 0 Å². The highest BCUT2D eigenvalue weighted by molar-refractivity contribution is 7.90. The van der Waals surface area contributed by atoms with Crippen LogP contribution in [0.25, 0.3) is 0 Å². The number of carbonyl (C=O) groups is 1. The molecule has 0 aromatic heterocycles. The lowest BCUT2D eigenvalue weighted by molar-refractivity contribution is -0.115. The van der Waals surface area contributed by atoms with Crippen molar-refractivity contribution in [3.8, 4) is 0 Å². The van der Waals surface area contributed by atoms with Crippen LogP contribution in [0.5, 0.6) is 0 Å². The standard InChI is InChI=1S/C36H49ClN2O5S/c1-4-6-25-18-28(37)13-15-30(25)36(3)21-39-20-27-11-14-29(27)32(40)8-5-7-23(2)34(17-24-9-10-24)45(42,43)38-35(41)26-12-16-33(44-22-36)31(39)19-26/h5,8,12-13,15-16,18-19,23-24,27,29,31-34,40H,4,6-7,9-11,14,17,20-22H2,1-3H3,(H,38,41)/b8-5+/t23-,27?,29?,31?,32?,33?,34?,36?/m1/s1. The number of aliphatic hydroxyl groups excluding tert-OH is 1. The maximum absolute atomic E-state index is 13.7. The van der Waals surface area contributed by atoms with Crippen molar-refractivity contribution in [1.82, 2.24) is 9.62 Å². The molecule has 1 aromatic rings. The Bertz CT molecular complexity index is 1470.